The highest BCUT2D eigenvalue weighted by Gasteiger charge is 2.28. The Labute approximate surface area is 214 Å². The number of sulfonamides is 1. The Hall–Kier alpha value is -2.74. The molecule has 2 aliphatic heterocycles. The topological polar surface area (TPSA) is 128 Å². The standard InChI is InChI=1S/C22H29ClN8O4S/c1-15-24-19-17(6-3-7-18(19)34-2)31(15)22-26-20(29-9-11-35-12-10-29)25-21(27-22)30-8-4-5-16(13-30)28-36(32,33)14-23/h3,6-7,16,28H,4-5,8-14H2,1-2H3. The molecular weight excluding hydrogens is 508 g/mol. The number of methoxy groups -OCH3 is 1. The molecule has 12 nitrogen and oxygen atoms in total. The fourth-order valence-electron chi connectivity index (χ4n) is 4.64. The van der Waals surface area contributed by atoms with Crippen LogP contribution in [0, 0.1) is 6.92 Å². The lowest BCUT2D eigenvalue weighted by Gasteiger charge is -2.34. The van der Waals surface area contributed by atoms with Crippen molar-refractivity contribution in [2.24, 2.45) is 0 Å². The van der Waals surface area contributed by atoms with Crippen LogP contribution in [0.15, 0.2) is 18.2 Å². The number of alkyl halides is 1. The number of hydrogen-bond donors (Lipinski definition) is 1. The number of halogens is 1. The fourth-order valence-corrected chi connectivity index (χ4v) is 5.59. The molecule has 4 heterocycles. The molecule has 1 aromatic carbocycles. The number of para-hydroxylation sites is 1. The molecule has 36 heavy (non-hydrogen) atoms. The molecule has 2 aliphatic rings. The summed E-state index contributed by atoms with van der Waals surface area (Å²) in [6.45, 7) is 5.54. The van der Waals surface area contributed by atoms with Crippen LogP contribution in [0.1, 0.15) is 18.7 Å². The lowest BCUT2D eigenvalue weighted by Crippen LogP contribution is -2.48. The van der Waals surface area contributed by atoms with Crippen LogP contribution in [-0.2, 0) is 14.8 Å². The van der Waals surface area contributed by atoms with Crippen molar-refractivity contribution < 1.29 is 17.9 Å². The average Bonchev–Trinajstić information content (AvgIpc) is 3.24. The van der Waals surface area contributed by atoms with Crippen molar-refractivity contribution in [3.8, 4) is 11.7 Å². The van der Waals surface area contributed by atoms with Crippen LogP contribution in [-0.4, -0.2) is 90.7 Å². The van der Waals surface area contributed by atoms with Gasteiger partial charge in [-0.1, -0.05) is 6.07 Å². The maximum Gasteiger partial charge on any atom is 0.242 e. The van der Waals surface area contributed by atoms with Crippen molar-refractivity contribution in [3.05, 3.63) is 24.0 Å². The molecule has 194 valence electrons. The van der Waals surface area contributed by atoms with E-state index in [0.717, 1.165) is 17.5 Å². The van der Waals surface area contributed by atoms with E-state index in [2.05, 4.69) is 9.62 Å². The number of piperidine rings is 1. The Morgan fingerprint density at radius 2 is 1.81 bits per heavy atom. The highest BCUT2D eigenvalue weighted by molar-refractivity contribution is 7.90. The Morgan fingerprint density at radius 1 is 1.08 bits per heavy atom. The molecule has 0 aliphatic carbocycles. The van der Waals surface area contributed by atoms with Gasteiger partial charge in [-0.2, -0.15) is 15.0 Å². The smallest absolute Gasteiger partial charge is 0.242 e. The zero-order valence-electron chi connectivity index (χ0n) is 20.2. The van der Waals surface area contributed by atoms with Crippen LogP contribution in [0.25, 0.3) is 17.0 Å². The van der Waals surface area contributed by atoms with Crippen molar-refractivity contribution >= 4 is 44.6 Å². The van der Waals surface area contributed by atoms with Gasteiger partial charge in [0, 0.05) is 32.2 Å². The number of anilines is 2. The van der Waals surface area contributed by atoms with Gasteiger partial charge in [0.15, 0.2) is 0 Å². The minimum absolute atomic E-state index is 0.283. The molecule has 2 aromatic heterocycles. The zero-order valence-corrected chi connectivity index (χ0v) is 21.8. The number of hydrogen-bond acceptors (Lipinski definition) is 10. The van der Waals surface area contributed by atoms with Crippen molar-refractivity contribution in [3.63, 3.8) is 0 Å². The summed E-state index contributed by atoms with van der Waals surface area (Å²) in [6.07, 6.45) is 1.50. The third-order valence-electron chi connectivity index (χ3n) is 6.32. The summed E-state index contributed by atoms with van der Waals surface area (Å²) in [5.74, 6) is 2.86. The summed E-state index contributed by atoms with van der Waals surface area (Å²) in [4.78, 5) is 23.2. The second kappa shape index (κ2) is 10.3. The monoisotopic (exact) mass is 536 g/mol. The number of nitrogens with zero attached hydrogens (tertiary/aromatic N) is 7. The number of morpholine rings is 1. The van der Waals surface area contributed by atoms with E-state index in [1.807, 2.05) is 34.6 Å². The lowest BCUT2D eigenvalue weighted by molar-refractivity contribution is 0.122. The third kappa shape index (κ3) is 5.05. The van der Waals surface area contributed by atoms with Gasteiger partial charge in [-0.05, 0) is 31.9 Å². The van der Waals surface area contributed by atoms with Gasteiger partial charge in [0.2, 0.25) is 27.9 Å². The molecule has 0 amide bonds. The second-order valence-corrected chi connectivity index (χ2v) is 11.1. The molecule has 3 aromatic rings. The number of aromatic nitrogens is 5. The molecule has 1 N–H and O–H groups in total. The molecule has 2 saturated heterocycles. The SMILES string of the molecule is COc1cccc2c1nc(C)n2-c1nc(N2CCOCC2)nc(N2CCCC(NS(=O)(=O)CCl)C2)n1. The zero-order chi connectivity index (χ0) is 25.3. The van der Waals surface area contributed by atoms with E-state index in [1.165, 1.54) is 0 Å². The summed E-state index contributed by atoms with van der Waals surface area (Å²) in [6, 6.07) is 5.44. The van der Waals surface area contributed by atoms with Crippen LogP contribution in [0.4, 0.5) is 11.9 Å². The van der Waals surface area contributed by atoms with Crippen LogP contribution in [0.5, 0.6) is 5.75 Å². The first-order valence-electron chi connectivity index (χ1n) is 11.8. The molecule has 0 bridgehead atoms. The molecule has 1 atom stereocenters. The number of ether oxygens (including phenoxy) is 2. The Balaban J connectivity index is 1.57. The van der Waals surface area contributed by atoms with Gasteiger partial charge in [0.25, 0.3) is 0 Å². The van der Waals surface area contributed by atoms with Gasteiger partial charge in [-0.15, -0.1) is 11.6 Å². The minimum Gasteiger partial charge on any atom is -0.494 e. The number of benzene rings is 1. The van der Waals surface area contributed by atoms with Crippen molar-refractivity contribution in [1.29, 1.82) is 0 Å². The van der Waals surface area contributed by atoms with Gasteiger partial charge in [-0.3, -0.25) is 4.57 Å². The summed E-state index contributed by atoms with van der Waals surface area (Å²) < 4.78 is 39.7. The lowest BCUT2D eigenvalue weighted by atomic mass is 10.1. The molecule has 0 radical (unpaired) electrons. The molecule has 5 rings (SSSR count). The summed E-state index contributed by atoms with van der Waals surface area (Å²) >= 11 is 5.60. The quantitative estimate of drug-likeness (QED) is 0.443. The highest BCUT2D eigenvalue weighted by atomic mass is 35.5. The van der Waals surface area contributed by atoms with E-state index in [1.54, 1.807) is 7.11 Å². The van der Waals surface area contributed by atoms with Crippen LogP contribution < -0.4 is 19.3 Å². The van der Waals surface area contributed by atoms with Crippen molar-refractivity contribution in [2.45, 2.75) is 25.8 Å². The van der Waals surface area contributed by atoms with Gasteiger partial charge < -0.3 is 19.3 Å². The van der Waals surface area contributed by atoms with Gasteiger partial charge in [0.05, 0.1) is 25.8 Å². The van der Waals surface area contributed by atoms with Gasteiger partial charge >= 0.3 is 0 Å². The van der Waals surface area contributed by atoms with Crippen molar-refractivity contribution in [2.75, 3.05) is 61.5 Å². The predicted octanol–water partition coefficient (Wildman–Crippen LogP) is 1.45. The molecule has 14 heteroatoms. The first-order valence-corrected chi connectivity index (χ1v) is 14.0. The number of fused-ring (bicyclic) bond motifs is 1. The highest BCUT2D eigenvalue weighted by Crippen LogP contribution is 2.29. The largest absolute Gasteiger partial charge is 0.494 e. The molecular formula is C22H29ClN8O4S. The van der Waals surface area contributed by atoms with Gasteiger partial charge in [0.1, 0.15) is 22.3 Å². The van der Waals surface area contributed by atoms with Crippen LogP contribution in [0.2, 0.25) is 0 Å². The van der Waals surface area contributed by atoms with E-state index in [4.69, 9.17) is 41.0 Å². The number of rotatable bonds is 7. The van der Waals surface area contributed by atoms with Crippen LogP contribution >= 0.6 is 11.6 Å². The van der Waals surface area contributed by atoms with E-state index >= 15 is 0 Å². The maximum absolute atomic E-state index is 12.1. The summed E-state index contributed by atoms with van der Waals surface area (Å²) in [5, 5.41) is -0.475. The maximum atomic E-state index is 12.1. The fraction of sp³-hybridized carbons (Fsp3) is 0.545. The normalized spacial score (nSPS) is 19.1. The number of imidazole rings is 1. The van der Waals surface area contributed by atoms with E-state index < -0.39 is 15.2 Å². The van der Waals surface area contributed by atoms with E-state index in [-0.39, 0.29) is 6.04 Å². The summed E-state index contributed by atoms with van der Waals surface area (Å²) in [7, 11) is -1.92. The molecule has 0 saturated carbocycles. The second-order valence-electron chi connectivity index (χ2n) is 8.78. The number of aryl methyl sites for hydroxylation is 1. The Bertz CT molecular complexity index is 1350. The summed E-state index contributed by atoms with van der Waals surface area (Å²) in [5.41, 5.74) is 1.55. The van der Waals surface area contributed by atoms with Crippen LogP contribution in [0.3, 0.4) is 0 Å². The first kappa shape index (κ1) is 24.9. The van der Waals surface area contributed by atoms with Gasteiger partial charge in [-0.25, -0.2) is 18.1 Å². The number of nitrogens with one attached hydrogen (secondary N) is 1. The molecule has 2 fully saturated rings. The average molecular weight is 537 g/mol. The molecule has 1 unspecified atom stereocenters. The third-order valence-corrected chi connectivity index (χ3v) is 8.17. The predicted molar refractivity (Wildman–Crippen MR) is 137 cm³/mol. The van der Waals surface area contributed by atoms with E-state index in [9.17, 15) is 8.42 Å². The minimum atomic E-state index is -3.54. The van der Waals surface area contributed by atoms with Crippen molar-refractivity contribution in [1.82, 2.24) is 29.2 Å². The Morgan fingerprint density at radius 3 is 2.53 bits per heavy atom. The molecule has 0 spiro atoms. The first-order chi connectivity index (χ1) is 17.4. The van der Waals surface area contributed by atoms with E-state index in [0.29, 0.717) is 75.2 Å². The Kier molecular flexibility index (Phi) is 7.15.